The Kier molecular flexibility index (Phi) is 4.49. The first-order chi connectivity index (χ1) is 9.79. The van der Waals surface area contributed by atoms with E-state index in [2.05, 4.69) is 0 Å². The highest BCUT2D eigenvalue weighted by molar-refractivity contribution is 5.96. The molecule has 1 aromatic rings. The number of nitrogen functional groups attached to an aromatic ring is 1. The van der Waals surface area contributed by atoms with E-state index in [0.717, 1.165) is 0 Å². The topological polar surface area (TPSA) is 69.8 Å². The second kappa shape index (κ2) is 5.99. The van der Waals surface area contributed by atoms with Gasteiger partial charge in [0, 0.05) is 24.8 Å². The molecule has 0 spiro atoms. The Bertz CT molecular complexity index is 548. The van der Waals surface area contributed by atoms with Crippen LogP contribution in [0.25, 0.3) is 0 Å². The number of anilines is 1. The van der Waals surface area contributed by atoms with Crippen LogP contribution < -0.4 is 5.73 Å². The van der Waals surface area contributed by atoms with Crippen molar-refractivity contribution in [3.63, 3.8) is 0 Å². The van der Waals surface area contributed by atoms with Crippen LogP contribution in [0.1, 0.15) is 22.3 Å². The van der Waals surface area contributed by atoms with Gasteiger partial charge in [0.05, 0.1) is 11.7 Å². The lowest BCUT2D eigenvalue weighted by Crippen LogP contribution is -2.41. The van der Waals surface area contributed by atoms with Crippen LogP contribution in [0.4, 0.5) is 10.1 Å². The van der Waals surface area contributed by atoms with Gasteiger partial charge in [-0.15, -0.1) is 0 Å². The van der Waals surface area contributed by atoms with Crippen molar-refractivity contribution < 1.29 is 14.3 Å². The summed E-state index contributed by atoms with van der Waals surface area (Å²) in [5, 5.41) is 9.83. The van der Waals surface area contributed by atoms with Crippen LogP contribution in [0.15, 0.2) is 12.1 Å². The van der Waals surface area contributed by atoms with Crippen LogP contribution in [-0.4, -0.2) is 60.1 Å². The lowest BCUT2D eigenvalue weighted by molar-refractivity contribution is 0.0694. The average Bonchev–Trinajstić information content (AvgIpc) is 2.73. The highest BCUT2D eigenvalue weighted by atomic mass is 19.1. The zero-order valence-electron chi connectivity index (χ0n) is 12.6. The molecule has 21 heavy (non-hydrogen) atoms. The van der Waals surface area contributed by atoms with Gasteiger partial charge in [-0.1, -0.05) is 0 Å². The van der Waals surface area contributed by atoms with E-state index < -0.39 is 17.8 Å². The highest BCUT2D eigenvalue weighted by Crippen LogP contribution is 2.24. The number of halogens is 1. The fourth-order valence-corrected chi connectivity index (χ4v) is 2.84. The normalized spacial score (nSPS) is 22.1. The number of nitrogens with two attached hydrogens (primary N) is 1. The third kappa shape index (κ3) is 3.33. The predicted molar refractivity (Wildman–Crippen MR) is 79.6 cm³/mol. The maximum Gasteiger partial charge on any atom is 0.257 e. The van der Waals surface area contributed by atoms with Crippen molar-refractivity contribution in [3.8, 4) is 0 Å². The van der Waals surface area contributed by atoms with Crippen LogP contribution in [0, 0.1) is 12.7 Å². The number of likely N-dealkylation sites (tertiary alicyclic amines) is 1. The molecule has 0 aromatic heterocycles. The minimum Gasteiger partial charge on any atom is -0.399 e. The van der Waals surface area contributed by atoms with Crippen LogP contribution in [-0.2, 0) is 0 Å². The van der Waals surface area contributed by atoms with Gasteiger partial charge in [-0.2, -0.15) is 0 Å². The number of rotatable bonds is 3. The summed E-state index contributed by atoms with van der Waals surface area (Å²) in [6, 6.07) is 2.74. The molecular formula is C15H22FN3O2. The SMILES string of the molecule is Cc1cc(N)cc(C(=O)N2CC(O)CC2CN(C)C)c1F. The van der Waals surface area contributed by atoms with Crippen molar-refractivity contribution in [2.75, 3.05) is 32.9 Å². The number of aryl methyl sites for hydroxylation is 1. The van der Waals surface area contributed by atoms with Crippen LogP contribution >= 0.6 is 0 Å². The number of benzene rings is 1. The molecule has 1 heterocycles. The third-order valence-electron chi connectivity index (χ3n) is 3.74. The lowest BCUT2D eigenvalue weighted by atomic mass is 10.1. The molecule has 3 N–H and O–H groups in total. The van der Waals surface area contributed by atoms with E-state index >= 15 is 0 Å². The number of hydrogen-bond donors (Lipinski definition) is 2. The average molecular weight is 295 g/mol. The van der Waals surface area contributed by atoms with Gasteiger partial charge < -0.3 is 20.6 Å². The maximum absolute atomic E-state index is 14.2. The summed E-state index contributed by atoms with van der Waals surface area (Å²) in [6.07, 6.45) is -0.0588. The monoisotopic (exact) mass is 295 g/mol. The molecule has 1 saturated heterocycles. The smallest absolute Gasteiger partial charge is 0.257 e. The van der Waals surface area contributed by atoms with Gasteiger partial charge in [0.2, 0.25) is 0 Å². The number of aliphatic hydroxyl groups is 1. The van der Waals surface area contributed by atoms with Gasteiger partial charge >= 0.3 is 0 Å². The molecule has 6 heteroatoms. The van der Waals surface area contributed by atoms with Crippen molar-refractivity contribution in [3.05, 3.63) is 29.1 Å². The number of hydrogen-bond acceptors (Lipinski definition) is 4. The van der Waals surface area contributed by atoms with E-state index in [0.29, 0.717) is 24.2 Å². The van der Waals surface area contributed by atoms with E-state index in [9.17, 15) is 14.3 Å². The summed E-state index contributed by atoms with van der Waals surface area (Å²) < 4.78 is 14.2. The predicted octanol–water partition coefficient (Wildman–Crippen LogP) is 0.853. The van der Waals surface area contributed by atoms with Crippen LogP contribution in [0.5, 0.6) is 0 Å². The summed E-state index contributed by atoms with van der Waals surface area (Å²) in [7, 11) is 3.80. The quantitative estimate of drug-likeness (QED) is 0.811. The van der Waals surface area contributed by atoms with Gasteiger partial charge in [-0.3, -0.25) is 4.79 Å². The number of β-amino-alcohol motifs (C(OH)–C–C–N with tert-alkyl or cyclic N) is 1. The van der Waals surface area contributed by atoms with E-state index in [4.69, 9.17) is 5.73 Å². The van der Waals surface area contributed by atoms with E-state index in [-0.39, 0.29) is 18.2 Å². The third-order valence-corrected chi connectivity index (χ3v) is 3.74. The van der Waals surface area contributed by atoms with Gasteiger partial charge in [0.1, 0.15) is 5.82 Å². The first-order valence-corrected chi connectivity index (χ1v) is 6.99. The second-order valence-corrected chi connectivity index (χ2v) is 5.96. The molecule has 1 amide bonds. The summed E-state index contributed by atoms with van der Waals surface area (Å²) in [5.41, 5.74) is 6.40. The van der Waals surface area contributed by atoms with Crippen LogP contribution in [0.3, 0.4) is 0 Å². The fraction of sp³-hybridized carbons (Fsp3) is 0.533. The van der Waals surface area contributed by atoms with E-state index in [1.165, 1.54) is 12.1 Å². The summed E-state index contributed by atoms with van der Waals surface area (Å²) in [4.78, 5) is 16.1. The molecule has 2 unspecified atom stereocenters. The first kappa shape index (κ1) is 15.7. The summed E-state index contributed by atoms with van der Waals surface area (Å²) in [5.74, 6) is -0.953. The van der Waals surface area contributed by atoms with Crippen molar-refractivity contribution in [1.82, 2.24) is 9.80 Å². The Morgan fingerprint density at radius 3 is 2.81 bits per heavy atom. The molecule has 1 aliphatic heterocycles. The van der Waals surface area contributed by atoms with Crippen molar-refractivity contribution >= 4 is 11.6 Å². The molecule has 5 nitrogen and oxygen atoms in total. The van der Waals surface area contributed by atoms with Gasteiger partial charge in [0.15, 0.2) is 0 Å². The molecule has 0 saturated carbocycles. The number of nitrogens with zero attached hydrogens (tertiary/aromatic N) is 2. The molecule has 2 atom stereocenters. The zero-order valence-corrected chi connectivity index (χ0v) is 12.6. The Morgan fingerprint density at radius 1 is 1.52 bits per heavy atom. The standard InChI is InChI=1S/C15H22FN3O2/c1-9-4-10(17)5-13(14(9)16)15(21)19-8-12(20)6-11(19)7-18(2)3/h4-5,11-12,20H,6-8,17H2,1-3H3. The Balaban J connectivity index is 2.30. The summed E-state index contributed by atoms with van der Waals surface area (Å²) in [6.45, 7) is 2.44. The Labute approximate surface area is 124 Å². The molecule has 0 aliphatic carbocycles. The molecule has 1 aromatic carbocycles. The largest absolute Gasteiger partial charge is 0.399 e. The van der Waals surface area contributed by atoms with Crippen molar-refractivity contribution in [1.29, 1.82) is 0 Å². The van der Waals surface area contributed by atoms with Crippen molar-refractivity contribution in [2.24, 2.45) is 0 Å². The molecule has 2 rings (SSSR count). The highest BCUT2D eigenvalue weighted by Gasteiger charge is 2.36. The summed E-state index contributed by atoms with van der Waals surface area (Å²) >= 11 is 0. The molecule has 116 valence electrons. The molecule has 1 fully saturated rings. The van der Waals surface area contributed by atoms with Gasteiger partial charge in [-0.05, 0) is 45.1 Å². The first-order valence-electron chi connectivity index (χ1n) is 6.99. The number of aliphatic hydroxyl groups excluding tert-OH is 1. The number of carbonyl (C=O) groups excluding carboxylic acids is 1. The molecular weight excluding hydrogens is 273 g/mol. The lowest BCUT2D eigenvalue weighted by Gasteiger charge is -2.27. The zero-order chi connectivity index (χ0) is 15.7. The Hall–Kier alpha value is -1.66. The maximum atomic E-state index is 14.2. The molecule has 0 radical (unpaired) electrons. The van der Waals surface area contributed by atoms with Gasteiger partial charge in [-0.25, -0.2) is 4.39 Å². The van der Waals surface area contributed by atoms with E-state index in [1.54, 1.807) is 11.8 Å². The number of carbonyl (C=O) groups is 1. The number of amides is 1. The van der Waals surface area contributed by atoms with Crippen molar-refractivity contribution in [2.45, 2.75) is 25.5 Å². The Morgan fingerprint density at radius 2 is 2.19 bits per heavy atom. The number of likely N-dealkylation sites (N-methyl/N-ethyl adjacent to an activating group) is 1. The van der Waals surface area contributed by atoms with Crippen LogP contribution in [0.2, 0.25) is 0 Å². The second-order valence-electron chi connectivity index (χ2n) is 5.96. The minimum atomic E-state index is -0.566. The van der Waals surface area contributed by atoms with E-state index in [1.807, 2.05) is 19.0 Å². The van der Waals surface area contributed by atoms with Gasteiger partial charge in [0.25, 0.3) is 5.91 Å². The molecule has 1 aliphatic rings. The fourth-order valence-electron chi connectivity index (χ4n) is 2.84. The minimum absolute atomic E-state index is 0.0228. The molecule has 0 bridgehead atoms.